The molecule has 0 unspecified atom stereocenters. The minimum atomic E-state index is -2.67. The summed E-state index contributed by atoms with van der Waals surface area (Å²) in [6.07, 6.45) is -1.40. The van der Waals surface area contributed by atoms with Gasteiger partial charge in [0.1, 0.15) is 28.6 Å². The van der Waals surface area contributed by atoms with Crippen LogP contribution >= 0.6 is 0 Å². The van der Waals surface area contributed by atoms with Gasteiger partial charge in [0.2, 0.25) is 0 Å². The van der Waals surface area contributed by atoms with Crippen molar-refractivity contribution >= 4 is 11.7 Å². The van der Waals surface area contributed by atoms with Crippen LogP contribution in [0.15, 0.2) is 30.5 Å². The Balaban J connectivity index is 1.69. The first-order chi connectivity index (χ1) is 15.0. The van der Waals surface area contributed by atoms with Crippen molar-refractivity contribution in [3.05, 3.63) is 58.7 Å². The summed E-state index contributed by atoms with van der Waals surface area (Å²) in [5, 5.41) is 22.0. The van der Waals surface area contributed by atoms with E-state index in [0.29, 0.717) is 5.56 Å². The van der Waals surface area contributed by atoms with E-state index in [0.717, 1.165) is 6.07 Å². The lowest BCUT2D eigenvalue weighted by Crippen LogP contribution is -2.42. The summed E-state index contributed by atoms with van der Waals surface area (Å²) in [5.41, 5.74) is -1.77. The van der Waals surface area contributed by atoms with E-state index in [1.165, 1.54) is 24.4 Å². The summed E-state index contributed by atoms with van der Waals surface area (Å²) in [7, 11) is 0. The molecular weight excluding hydrogens is 425 g/mol. The highest BCUT2D eigenvalue weighted by Gasteiger charge is 2.52. The molecule has 1 aliphatic rings. The SMILES string of the molecule is CC(C)(CO)c1cc(F)c(CC(=O)Cc2ccnc(C(=O)NC3(C(F)F)CC3)c2)cc1O. The number of aromatic hydroxyl groups is 1. The van der Waals surface area contributed by atoms with E-state index >= 15 is 0 Å². The normalized spacial score (nSPS) is 15.0. The predicted octanol–water partition coefficient (Wildman–Crippen LogP) is 3.08. The maximum atomic E-state index is 14.5. The van der Waals surface area contributed by atoms with E-state index in [1.807, 2.05) is 0 Å². The van der Waals surface area contributed by atoms with Crippen molar-refractivity contribution in [2.75, 3.05) is 6.61 Å². The van der Waals surface area contributed by atoms with Crippen molar-refractivity contribution in [2.24, 2.45) is 0 Å². The Kier molecular flexibility index (Phi) is 6.59. The lowest BCUT2D eigenvalue weighted by atomic mass is 9.84. The number of Topliss-reactive ketones (excluding diaryl/α,β-unsaturated/α-hetero) is 1. The lowest BCUT2D eigenvalue weighted by molar-refractivity contribution is -0.117. The van der Waals surface area contributed by atoms with Gasteiger partial charge in [0, 0.05) is 30.0 Å². The Labute approximate surface area is 183 Å². The molecular formula is C23H25F3N2O4. The van der Waals surface area contributed by atoms with Gasteiger partial charge in [-0.05, 0) is 48.2 Å². The molecule has 1 aliphatic carbocycles. The number of alkyl halides is 2. The molecule has 172 valence electrons. The van der Waals surface area contributed by atoms with Gasteiger partial charge in [-0.25, -0.2) is 13.2 Å². The quantitative estimate of drug-likeness (QED) is 0.545. The van der Waals surface area contributed by atoms with Crippen LogP contribution < -0.4 is 5.32 Å². The molecule has 1 amide bonds. The molecule has 1 aromatic carbocycles. The second-order valence-corrected chi connectivity index (χ2v) is 8.86. The van der Waals surface area contributed by atoms with E-state index in [9.17, 15) is 33.0 Å². The Bertz CT molecular complexity index is 1040. The number of rotatable bonds is 9. The molecule has 32 heavy (non-hydrogen) atoms. The third-order valence-corrected chi connectivity index (χ3v) is 5.70. The lowest BCUT2D eigenvalue weighted by Gasteiger charge is -2.24. The topological polar surface area (TPSA) is 99.5 Å². The summed E-state index contributed by atoms with van der Waals surface area (Å²) in [6, 6.07) is 5.13. The van der Waals surface area contributed by atoms with Gasteiger partial charge in [-0.3, -0.25) is 14.6 Å². The van der Waals surface area contributed by atoms with Gasteiger partial charge in [0.15, 0.2) is 0 Å². The number of nitrogens with zero attached hydrogens (tertiary/aromatic N) is 1. The minimum absolute atomic E-state index is 0.00428. The van der Waals surface area contributed by atoms with Crippen molar-refractivity contribution in [1.29, 1.82) is 0 Å². The van der Waals surface area contributed by atoms with Crippen molar-refractivity contribution in [2.45, 2.75) is 56.9 Å². The zero-order valence-electron chi connectivity index (χ0n) is 17.8. The van der Waals surface area contributed by atoms with Crippen molar-refractivity contribution in [3.8, 4) is 5.75 Å². The van der Waals surface area contributed by atoms with Crippen LogP contribution in [-0.4, -0.2) is 45.5 Å². The van der Waals surface area contributed by atoms with E-state index < -0.39 is 29.1 Å². The first-order valence-electron chi connectivity index (χ1n) is 10.2. The first kappa shape index (κ1) is 23.7. The third-order valence-electron chi connectivity index (χ3n) is 5.70. The molecule has 0 saturated heterocycles. The van der Waals surface area contributed by atoms with E-state index in [4.69, 9.17) is 0 Å². The Hall–Kier alpha value is -2.94. The highest BCUT2D eigenvalue weighted by Crippen LogP contribution is 2.41. The number of benzene rings is 1. The number of ketones is 1. The van der Waals surface area contributed by atoms with E-state index in [2.05, 4.69) is 10.3 Å². The molecule has 0 spiro atoms. The Morgan fingerprint density at radius 1 is 1.22 bits per heavy atom. The van der Waals surface area contributed by atoms with Crippen LogP contribution in [-0.2, 0) is 23.1 Å². The van der Waals surface area contributed by atoms with Crippen LogP contribution in [0.5, 0.6) is 5.75 Å². The first-order valence-corrected chi connectivity index (χ1v) is 10.2. The fourth-order valence-electron chi connectivity index (χ4n) is 3.40. The fraction of sp³-hybridized carbons (Fsp3) is 0.435. The van der Waals surface area contributed by atoms with Crippen LogP contribution in [0.4, 0.5) is 13.2 Å². The maximum absolute atomic E-state index is 14.5. The number of aliphatic hydroxyl groups is 1. The zero-order valence-corrected chi connectivity index (χ0v) is 17.8. The molecule has 3 N–H and O–H groups in total. The van der Waals surface area contributed by atoms with Crippen LogP contribution in [0.25, 0.3) is 0 Å². The second-order valence-electron chi connectivity index (χ2n) is 8.86. The average molecular weight is 450 g/mol. The highest BCUT2D eigenvalue weighted by molar-refractivity contribution is 5.93. The maximum Gasteiger partial charge on any atom is 0.270 e. The monoisotopic (exact) mass is 450 g/mol. The summed E-state index contributed by atoms with van der Waals surface area (Å²) in [5.74, 6) is -2.01. The van der Waals surface area contributed by atoms with E-state index in [1.54, 1.807) is 13.8 Å². The van der Waals surface area contributed by atoms with Crippen LogP contribution in [0.3, 0.4) is 0 Å². The van der Waals surface area contributed by atoms with Gasteiger partial charge in [-0.15, -0.1) is 0 Å². The molecule has 1 fully saturated rings. The summed E-state index contributed by atoms with van der Waals surface area (Å²) < 4.78 is 40.6. The third kappa shape index (κ3) is 5.09. The fourth-order valence-corrected chi connectivity index (χ4v) is 3.40. The highest BCUT2D eigenvalue weighted by atomic mass is 19.3. The summed E-state index contributed by atoms with van der Waals surface area (Å²) in [4.78, 5) is 28.6. The number of pyridine rings is 1. The molecule has 0 radical (unpaired) electrons. The number of carbonyl (C=O) groups excluding carboxylic acids is 2. The van der Waals surface area contributed by atoms with Gasteiger partial charge in [0.05, 0.1) is 6.61 Å². The smallest absolute Gasteiger partial charge is 0.270 e. The van der Waals surface area contributed by atoms with Gasteiger partial charge >= 0.3 is 0 Å². The van der Waals surface area contributed by atoms with Crippen molar-refractivity contribution < 1.29 is 33.0 Å². The standard InChI is InChI=1S/C23H25F3N2O4/c1-22(2,12-29)16-11-17(24)14(10-19(16)31)9-15(30)7-13-3-6-27-18(8-13)20(32)28-23(4-5-23)21(25)26/h3,6,8,10-11,21,29,31H,4-5,7,9,12H2,1-2H3,(H,28,32). The molecule has 1 heterocycles. The van der Waals surface area contributed by atoms with Gasteiger partial charge < -0.3 is 15.5 Å². The molecule has 9 heteroatoms. The number of halogens is 3. The number of aliphatic hydroxyl groups excluding tert-OH is 1. The molecule has 6 nitrogen and oxygen atoms in total. The Morgan fingerprint density at radius 3 is 2.50 bits per heavy atom. The second kappa shape index (κ2) is 8.90. The predicted molar refractivity (Wildman–Crippen MR) is 110 cm³/mol. The molecule has 1 saturated carbocycles. The number of phenols is 1. The summed E-state index contributed by atoms with van der Waals surface area (Å²) in [6.45, 7) is 3.00. The van der Waals surface area contributed by atoms with Gasteiger partial charge in [-0.2, -0.15) is 0 Å². The minimum Gasteiger partial charge on any atom is -0.508 e. The van der Waals surface area contributed by atoms with Crippen LogP contribution in [0.2, 0.25) is 0 Å². The molecule has 3 rings (SSSR count). The van der Waals surface area contributed by atoms with E-state index in [-0.39, 0.29) is 60.6 Å². The summed E-state index contributed by atoms with van der Waals surface area (Å²) >= 11 is 0. The molecule has 0 aliphatic heterocycles. The van der Waals surface area contributed by atoms with Crippen molar-refractivity contribution in [3.63, 3.8) is 0 Å². The number of hydrogen-bond acceptors (Lipinski definition) is 5. The number of phenolic OH excluding ortho intramolecular Hbond substituents is 1. The molecule has 0 bridgehead atoms. The number of aromatic nitrogens is 1. The molecule has 2 aromatic rings. The largest absolute Gasteiger partial charge is 0.508 e. The Morgan fingerprint density at radius 2 is 1.91 bits per heavy atom. The van der Waals surface area contributed by atoms with Gasteiger partial charge in [0.25, 0.3) is 12.3 Å². The van der Waals surface area contributed by atoms with Gasteiger partial charge in [-0.1, -0.05) is 13.8 Å². The number of carbonyl (C=O) groups is 2. The molecule has 1 aromatic heterocycles. The average Bonchev–Trinajstić information content (AvgIpc) is 3.51. The zero-order chi connectivity index (χ0) is 23.7. The van der Waals surface area contributed by atoms with Crippen LogP contribution in [0.1, 0.15) is 53.9 Å². The van der Waals surface area contributed by atoms with Crippen LogP contribution in [0, 0.1) is 5.82 Å². The number of nitrogens with one attached hydrogen (secondary N) is 1. The number of amides is 1. The number of hydrogen-bond donors (Lipinski definition) is 3. The molecule has 0 atom stereocenters. The van der Waals surface area contributed by atoms with Crippen molar-refractivity contribution in [1.82, 2.24) is 10.3 Å².